The zero-order valence-corrected chi connectivity index (χ0v) is 13.7. The highest BCUT2D eigenvalue weighted by molar-refractivity contribution is 6.39. The summed E-state index contributed by atoms with van der Waals surface area (Å²) in [6.07, 6.45) is 2.44. The molecule has 116 valence electrons. The van der Waals surface area contributed by atoms with E-state index in [4.69, 9.17) is 23.2 Å². The number of benzene rings is 1. The summed E-state index contributed by atoms with van der Waals surface area (Å²) < 4.78 is 0. The normalized spacial score (nSPS) is 19.5. The smallest absolute Gasteiger partial charge is 0.238 e. The number of carbonyl (C=O) groups excluding carboxylic acids is 1. The number of amides is 1. The summed E-state index contributed by atoms with van der Waals surface area (Å²) in [7, 11) is 2.14. The summed E-state index contributed by atoms with van der Waals surface area (Å²) in [5.74, 6) is 0.481. The van der Waals surface area contributed by atoms with Crippen molar-refractivity contribution in [2.24, 2.45) is 5.92 Å². The van der Waals surface area contributed by atoms with Gasteiger partial charge in [0.05, 0.1) is 22.3 Å². The number of piperidine rings is 1. The van der Waals surface area contributed by atoms with E-state index in [0.717, 1.165) is 13.1 Å². The van der Waals surface area contributed by atoms with Crippen LogP contribution in [0.3, 0.4) is 0 Å². The van der Waals surface area contributed by atoms with Gasteiger partial charge in [-0.25, -0.2) is 0 Å². The van der Waals surface area contributed by atoms with E-state index >= 15 is 0 Å². The van der Waals surface area contributed by atoms with E-state index in [1.807, 2.05) is 0 Å². The lowest BCUT2D eigenvalue weighted by Gasteiger charge is -2.29. The highest BCUT2D eigenvalue weighted by Gasteiger charge is 2.17. The molecule has 1 aliphatic rings. The molecule has 2 N–H and O–H groups in total. The minimum absolute atomic E-state index is 0.130. The first-order valence-corrected chi connectivity index (χ1v) is 7.95. The van der Waals surface area contributed by atoms with Gasteiger partial charge in [-0.2, -0.15) is 0 Å². The van der Waals surface area contributed by atoms with Gasteiger partial charge in [-0.05, 0) is 51.0 Å². The van der Waals surface area contributed by atoms with E-state index < -0.39 is 0 Å². The van der Waals surface area contributed by atoms with Gasteiger partial charge >= 0.3 is 0 Å². The Kier molecular flexibility index (Phi) is 6.30. The van der Waals surface area contributed by atoms with E-state index in [2.05, 4.69) is 22.6 Å². The summed E-state index contributed by atoms with van der Waals surface area (Å²) in [6.45, 7) is 3.38. The number of carbonyl (C=O) groups is 1. The molecule has 1 unspecified atom stereocenters. The Balaban J connectivity index is 1.75. The summed E-state index contributed by atoms with van der Waals surface area (Å²) >= 11 is 12.0. The second-order valence-electron chi connectivity index (χ2n) is 5.55. The van der Waals surface area contributed by atoms with E-state index in [9.17, 15) is 4.79 Å². The summed E-state index contributed by atoms with van der Waals surface area (Å²) in [5, 5.41) is 6.86. The maximum atomic E-state index is 11.9. The quantitative estimate of drug-likeness (QED) is 0.873. The molecule has 1 saturated heterocycles. The second-order valence-corrected chi connectivity index (χ2v) is 6.36. The van der Waals surface area contributed by atoms with Crippen LogP contribution in [-0.2, 0) is 4.79 Å². The van der Waals surface area contributed by atoms with Crippen LogP contribution in [0.25, 0.3) is 0 Å². The molecule has 1 aromatic carbocycles. The van der Waals surface area contributed by atoms with E-state index in [1.165, 1.54) is 19.4 Å². The monoisotopic (exact) mass is 329 g/mol. The van der Waals surface area contributed by atoms with Crippen LogP contribution >= 0.6 is 23.2 Å². The summed E-state index contributed by atoms with van der Waals surface area (Å²) in [4.78, 5) is 14.3. The molecule has 4 nitrogen and oxygen atoms in total. The number of rotatable bonds is 5. The fraction of sp³-hybridized carbons (Fsp3) is 0.533. The zero-order chi connectivity index (χ0) is 15.2. The molecule has 1 atom stereocenters. The van der Waals surface area contributed by atoms with Crippen molar-refractivity contribution in [3.8, 4) is 0 Å². The molecule has 1 aromatic rings. The highest BCUT2D eigenvalue weighted by atomic mass is 35.5. The minimum atomic E-state index is -0.130. The predicted octanol–water partition coefficient (Wildman–Crippen LogP) is 2.86. The van der Waals surface area contributed by atoms with Gasteiger partial charge in [-0.1, -0.05) is 29.3 Å². The third-order valence-corrected chi connectivity index (χ3v) is 4.30. The van der Waals surface area contributed by atoms with E-state index in [-0.39, 0.29) is 12.5 Å². The first kappa shape index (κ1) is 16.6. The van der Waals surface area contributed by atoms with Crippen LogP contribution in [0.1, 0.15) is 12.8 Å². The Hall–Kier alpha value is -0.810. The van der Waals surface area contributed by atoms with Gasteiger partial charge in [0.25, 0.3) is 0 Å². The molecule has 2 rings (SSSR count). The lowest BCUT2D eigenvalue weighted by molar-refractivity contribution is -0.115. The maximum Gasteiger partial charge on any atom is 0.238 e. The molecule has 1 aliphatic heterocycles. The van der Waals surface area contributed by atoms with Crippen molar-refractivity contribution < 1.29 is 4.79 Å². The molecule has 0 spiro atoms. The lowest BCUT2D eigenvalue weighted by atomic mass is 9.98. The number of para-hydroxylation sites is 1. The Bertz CT molecular complexity index is 476. The average molecular weight is 330 g/mol. The molecule has 0 radical (unpaired) electrons. The molecule has 0 saturated carbocycles. The van der Waals surface area contributed by atoms with Crippen molar-refractivity contribution >= 4 is 34.8 Å². The number of likely N-dealkylation sites (tertiary alicyclic amines) is 1. The van der Waals surface area contributed by atoms with Crippen LogP contribution in [0.15, 0.2) is 18.2 Å². The number of anilines is 1. The summed E-state index contributed by atoms with van der Waals surface area (Å²) in [5.41, 5.74) is 0.477. The molecule has 0 bridgehead atoms. The van der Waals surface area contributed by atoms with Gasteiger partial charge in [0.2, 0.25) is 5.91 Å². The molecule has 1 amide bonds. The fourth-order valence-electron chi connectivity index (χ4n) is 2.63. The van der Waals surface area contributed by atoms with Crippen LogP contribution in [0.5, 0.6) is 0 Å². The Morgan fingerprint density at radius 1 is 1.38 bits per heavy atom. The molecule has 0 aliphatic carbocycles. The Morgan fingerprint density at radius 3 is 2.76 bits per heavy atom. The number of halogens is 2. The number of hydrogen-bond donors (Lipinski definition) is 2. The van der Waals surface area contributed by atoms with Crippen LogP contribution in [0.2, 0.25) is 10.0 Å². The topological polar surface area (TPSA) is 44.4 Å². The first-order valence-electron chi connectivity index (χ1n) is 7.19. The lowest BCUT2D eigenvalue weighted by Crippen LogP contribution is -2.39. The molecule has 1 fully saturated rings. The molecule has 6 heteroatoms. The van der Waals surface area contributed by atoms with Gasteiger partial charge in [0.15, 0.2) is 0 Å². The third-order valence-electron chi connectivity index (χ3n) is 3.67. The van der Waals surface area contributed by atoms with Crippen LogP contribution in [0, 0.1) is 5.92 Å². The number of nitrogens with one attached hydrogen (secondary N) is 2. The van der Waals surface area contributed by atoms with Crippen LogP contribution in [0.4, 0.5) is 5.69 Å². The van der Waals surface area contributed by atoms with E-state index in [0.29, 0.717) is 21.7 Å². The fourth-order valence-corrected chi connectivity index (χ4v) is 3.12. The average Bonchev–Trinajstić information content (AvgIpc) is 2.43. The van der Waals surface area contributed by atoms with E-state index in [1.54, 1.807) is 18.2 Å². The first-order chi connectivity index (χ1) is 10.1. The molecule has 0 aromatic heterocycles. The van der Waals surface area contributed by atoms with Gasteiger partial charge in [0, 0.05) is 6.54 Å². The van der Waals surface area contributed by atoms with Crippen molar-refractivity contribution in [1.82, 2.24) is 10.2 Å². The van der Waals surface area contributed by atoms with Crippen molar-refractivity contribution in [1.29, 1.82) is 0 Å². The van der Waals surface area contributed by atoms with Crippen molar-refractivity contribution in [3.63, 3.8) is 0 Å². The standard InChI is InChI=1S/C15H21Cl2N3O/c1-20-7-3-4-11(10-20)8-18-9-14(21)19-15-12(16)5-2-6-13(15)17/h2,5-6,11,18H,3-4,7-10H2,1H3,(H,19,21). The number of nitrogens with zero attached hydrogens (tertiary/aromatic N) is 1. The molecular formula is C15H21Cl2N3O. The summed E-state index contributed by atoms with van der Waals surface area (Å²) in [6, 6.07) is 5.15. The van der Waals surface area contributed by atoms with Gasteiger partial charge in [-0.3, -0.25) is 4.79 Å². The third kappa shape index (κ3) is 5.15. The predicted molar refractivity (Wildman–Crippen MR) is 88.2 cm³/mol. The van der Waals surface area contributed by atoms with Crippen molar-refractivity contribution in [2.45, 2.75) is 12.8 Å². The van der Waals surface area contributed by atoms with Gasteiger partial charge in [-0.15, -0.1) is 0 Å². The van der Waals surface area contributed by atoms with Gasteiger partial charge in [0.1, 0.15) is 0 Å². The van der Waals surface area contributed by atoms with Gasteiger partial charge < -0.3 is 15.5 Å². The number of hydrogen-bond acceptors (Lipinski definition) is 3. The molecule has 21 heavy (non-hydrogen) atoms. The van der Waals surface area contributed by atoms with Crippen molar-refractivity contribution in [3.05, 3.63) is 28.2 Å². The van der Waals surface area contributed by atoms with Crippen LogP contribution in [-0.4, -0.2) is 44.0 Å². The maximum absolute atomic E-state index is 11.9. The highest BCUT2D eigenvalue weighted by Crippen LogP contribution is 2.29. The second kappa shape index (κ2) is 7.99. The Morgan fingerprint density at radius 2 is 2.10 bits per heavy atom. The van der Waals surface area contributed by atoms with Crippen molar-refractivity contribution in [2.75, 3.05) is 38.5 Å². The minimum Gasteiger partial charge on any atom is -0.322 e. The largest absolute Gasteiger partial charge is 0.322 e. The molecular weight excluding hydrogens is 309 g/mol. The Labute approximate surface area is 135 Å². The SMILES string of the molecule is CN1CCCC(CNCC(=O)Nc2c(Cl)cccc2Cl)C1. The zero-order valence-electron chi connectivity index (χ0n) is 12.2. The molecule has 1 heterocycles. The van der Waals surface area contributed by atoms with Crippen LogP contribution < -0.4 is 10.6 Å².